The summed E-state index contributed by atoms with van der Waals surface area (Å²) in [4.78, 5) is 18.3. The molecule has 0 bridgehead atoms. The number of likely N-dealkylation sites (tertiary alicyclic amines) is 1. The lowest BCUT2D eigenvalue weighted by Gasteiger charge is -2.16. The summed E-state index contributed by atoms with van der Waals surface area (Å²) in [5, 5.41) is 4.45. The summed E-state index contributed by atoms with van der Waals surface area (Å²) in [7, 11) is 0. The summed E-state index contributed by atoms with van der Waals surface area (Å²) >= 11 is 5.99. The Morgan fingerprint density at radius 1 is 1.17 bits per heavy atom. The number of carbonyl (C=O) groups excluding carboxylic acids is 1. The average Bonchev–Trinajstić information content (AvgIpc) is 3.29. The maximum absolute atomic E-state index is 12.7. The molecule has 0 aliphatic carbocycles. The number of hydrogen-bond donors (Lipinski definition) is 0. The average molecular weight is 422 g/mol. The molecule has 1 aromatic heterocycles. The molecule has 4 rings (SSSR count). The summed E-state index contributed by atoms with van der Waals surface area (Å²) in [6.07, 6.45) is -4.17. The van der Waals surface area contributed by atoms with Gasteiger partial charge in [-0.2, -0.15) is 18.2 Å². The van der Waals surface area contributed by atoms with Crippen molar-refractivity contribution in [2.24, 2.45) is 0 Å². The van der Waals surface area contributed by atoms with E-state index in [0.717, 1.165) is 17.7 Å². The van der Waals surface area contributed by atoms with E-state index in [1.54, 1.807) is 17.0 Å². The Bertz CT molecular complexity index is 1030. The number of hydrogen-bond acceptors (Lipinski definition) is 4. The molecule has 2 heterocycles. The number of benzene rings is 2. The Morgan fingerprint density at radius 2 is 1.93 bits per heavy atom. The zero-order valence-corrected chi connectivity index (χ0v) is 15.7. The van der Waals surface area contributed by atoms with Gasteiger partial charge in [0.1, 0.15) is 0 Å². The van der Waals surface area contributed by atoms with Gasteiger partial charge in [-0.05, 0) is 29.8 Å². The molecule has 29 heavy (non-hydrogen) atoms. The van der Waals surface area contributed by atoms with Crippen LogP contribution in [0.4, 0.5) is 13.2 Å². The maximum atomic E-state index is 12.7. The standard InChI is InChI=1S/C20H15ClF3N3O2/c21-16-3-1-2-12(8-16)10-27-11-14(9-17(27)28)19-25-18(26-29-19)13-4-6-15(7-5-13)20(22,23)24/h1-8,14H,9-11H2. The zero-order chi connectivity index (χ0) is 20.6. The van der Waals surface area contributed by atoms with E-state index in [1.807, 2.05) is 12.1 Å². The van der Waals surface area contributed by atoms with Crippen LogP contribution in [-0.2, 0) is 17.5 Å². The maximum Gasteiger partial charge on any atom is 0.416 e. The number of rotatable bonds is 4. The lowest BCUT2D eigenvalue weighted by molar-refractivity contribution is -0.137. The van der Waals surface area contributed by atoms with E-state index in [1.165, 1.54) is 12.1 Å². The minimum Gasteiger partial charge on any atom is -0.339 e. The molecule has 1 atom stereocenters. The first-order chi connectivity index (χ1) is 13.8. The molecule has 150 valence electrons. The van der Waals surface area contributed by atoms with Gasteiger partial charge >= 0.3 is 6.18 Å². The van der Waals surface area contributed by atoms with Crippen LogP contribution < -0.4 is 0 Å². The van der Waals surface area contributed by atoms with Crippen LogP contribution in [-0.4, -0.2) is 27.5 Å². The molecule has 1 aliphatic rings. The van der Waals surface area contributed by atoms with Crippen molar-refractivity contribution in [2.45, 2.75) is 25.1 Å². The van der Waals surface area contributed by atoms with Gasteiger partial charge in [-0.25, -0.2) is 0 Å². The van der Waals surface area contributed by atoms with Crippen LogP contribution in [0.25, 0.3) is 11.4 Å². The minimum atomic E-state index is -4.41. The topological polar surface area (TPSA) is 59.2 Å². The summed E-state index contributed by atoms with van der Waals surface area (Å²) in [5.74, 6) is 0.179. The molecule has 5 nitrogen and oxygen atoms in total. The number of carbonyl (C=O) groups is 1. The van der Waals surface area contributed by atoms with Gasteiger partial charge in [0, 0.05) is 30.1 Å². The van der Waals surface area contributed by atoms with Gasteiger partial charge in [0.25, 0.3) is 0 Å². The van der Waals surface area contributed by atoms with Gasteiger partial charge in [-0.3, -0.25) is 4.79 Å². The van der Waals surface area contributed by atoms with Crippen LogP contribution >= 0.6 is 11.6 Å². The van der Waals surface area contributed by atoms with Crippen LogP contribution in [0, 0.1) is 0 Å². The van der Waals surface area contributed by atoms with E-state index < -0.39 is 11.7 Å². The number of alkyl halides is 3. The number of aromatic nitrogens is 2. The molecular formula is C20H15ClF3N3O2. The van der Waals surface area contributed by atoms with Crippen LogP contribution in [0.15, 0.2) is 53.1 Å². The van der Waals surface area contributed by atoms with Gasteiger partial charge in [0.15, 0.2) is 0 Å². The van der Waals surface area contributed by atoms with Crippen molar-refractivity contribution >= 4 is 17.5 Å². The summed E-state index contributed by atoms with van der Waals surface area (Å²) in [5.41, 5.74) is 0.582. The second-order valence-corrected chi connectivity index (χ2v) is 7.27. The second kappa shape index (κ2) is 7.51. The molecule has 1 saturated heterocycles. The molecule has 0 radical (unpaired) electrons. The Morgan fingerprint density at radius 3 is 2.62 bits per heavy atom. The molecule has 0 N–H and O–H groups in total. The van der Waals surface area contributed by atoms with Crippen molar-refractivity contribution in [3.8, 4) is 11.4 Å². The molecule has 2 aromatic carbocycles. The first-order valence-corrected chi connectivity index (χ1v) is 9.21. The molecular weight excluding hydrogens is 407 g/mol. The highest BCUT2D eigenvalue weighted by atomic mass is 35.5. The van der Waals surface area contributed by atoms with E-state index in [9.17, 15) is 18.0 Å². The number of amides is 1. The largest absolute Gasteiger partial charge is 0.416 e. The van der Waals surface area contributed by atoms with Crippen LogP contribution in [0.5, 0.6) is 0 Å². The highest BCUT2D eigenvalue weighted by Gasteiger charge is 2.34. The molecule has 3 aromatic rings. The Hall–Kier alpha value is -2.87. The minimum absolute atomic E-state index is 0.0377. The molecule has 1 amide bonds. The lowest BCUT2D eigenvalue weighted by Crippen LogP contribution is -2.24. The third kappa shape index (κ3) is 4.27. The van der Waals surface area contributed by atoms with Crippen molar-refractivity contribution in [3.05, 3.63) is 70.6 Å². The molecule has 0 spiro atoms. The van der Waals surface area contributed by atoms with Crippen molar-refractivity contribution in [1.82, 2.24) is 15.0 Å². The number of nitrogens with zero attached hydrogens (tertiary/aromatic N) is 3. The fourth-order valence-electron chi connectivity index (χ4n) is 3.27. The smallest absolute Gasteiger partial charge is 0.339 e. The Balaban J connectivity index is 1.46. The molecule has 1 unspecified atom stereocenters. The highest BCUT2D eigenvalue weighted by Crippen LogP contribution is 2.32. The predicted molar refractivity (Wildman–Crippen MR) is 99.0 cm³/mol. The van der Waals surface area contributed by atoms with Crippen molar-refractivity contribution in [1.29, 1.82) is 0 Å². The monoisotopic (exact) mass is 421 g/mol. The van der Waals surface area contributed by atoms with Gasteiger partial charge < -0.3 is 9.42 Å². The Kier molecular flexibility index (Phi) is 5.04. The SMILES string of the molecule is O=C1CC(c2nc(-c3ccc(C(F)(F)F)cc3)no2)CN1Cc1cccc(Cl)c1. The highest BCUT2D eigenvalue weighted by molar-refractivity contribution is 6.30. The molecule has 0 saturated carbocycles. The van der Waals surface area contributed by atoms with E-state index in [4.69, 9.17) is 16.1 Å². The van der Waals surface area contributed by atoms with E-state index in [-0.39, 0.29) is 24.1 Å². The third-order valence-corrected chi connectivity index (χ3v) is 4.97. The Labute approximate surface area is 169 Å². The van der Waals surface area contributed by atoms with E-state index in [0.29, 0.717) is 29.6 Å². The quantitative estimate of drug-likeness (QED) is 0.599. The van der Waals surface area contributed by atoms with E-state index in [2.05, 4.69) is 10.1 Å². The normalized spacial score (nSPS) is 17.2. The lowest BCUT2D eigenvalue weighted by atomic mass is 10.1. The first-order valence-electron chi connectivity index (χ1n) is 8.83. The van der Waals surface area contributed by atoms with Crippen molar-refractivity contribution < 1.29 is 22.5 Å². The molecule has 1 aliphatic heterocycles. The molecule has 9 heteroatoms. The first kappa shape index (κ1) is 19.4. The van der Waals surface area contributed by atoms with Gasteiger partial charge in [0.2, 0.25) is 17.6 Å². The van der Waals surface area contributed by atoms with Crippen LogP contribution in [0.2, 0.25) is 5.02 Å². The van der Waals surface area contributed by atoms with Crippen LogP contribution in [0.3, 0.4) is 0 Å². The molecule has 1 fully saturated rings. The van der Waals surface area contributed by atoms with E-state index >= 15 is 0 Å². The predicted octanol–water partition coefficient (Wildman–Crippen LogP) is 4.92. The summed E-state index contributed by atoms with van der Waals surface area (Å²) in [6.45, 7) is 0.843. The van der Waals surface area contributed by atoms with Crippen LogP contribution in [0.1, 0.15) is 29.4 Å². The van der Waals surface area contributed by atoms with Gasteiger partial charge in [0.05, 0.1) is 11.5 Å². The fourth-order valence-corrected chi connectivity index (χ4v) is 3.49. The van der Waals surface area contributed by atoms with Gasteiger partial charge in [-0.15, -0.1) is 0 Å². The van der Waals surface area contributed by atoms with Gasteiger partial charge in [-0.1, -0.05) is 41.0 Å². The second-order valence-electron chi connectivity index (χ2n) is 6.84. The summed E-state index contributed by atoms with van der Waals surface area (Å²) in [6, 6.07) is 11.8. The zero-order valence-electron chi connectivity index (χ0n) is 15.0. The van der Waals surface area contributed by atoms with Crippen molar-refractivity contribution in [3.63, 3.8) is 0 Å². The third-order valence-electron chi connectivity index (χ3n) is 4.74. The summed E-state index contributed by atoms with van der Waals surface area (Å²) < 4.78 is 43.3. The fraction of sp³-hybridized carbons (Fsp3) is 0.250. The van der Waals surface area contributed by atoms with Crippen molar-refractivity contribution in [2.75, 3.05) is 6.54 Å². The number of halogens is 4.